The van der Waals surface area contributed by atoms with Gasteiger partial charge in [-0.05, 0) is 42.8 Å². The van der Waals surface area contributed by atoms with Gasteiger partial charge >= 0.3 is 30.9 Å². The van der Waals surface area contributed by atoms with E-state index in [4.69, 9.17) is 4.65 Å². The fourth-order valence-electron chi connectivity index (χ4n) is 4.31. The average Bonchev–Trinajstić information content (AvgIpc) is 2.95. The van der Waals surface area contributed by atoms with Gasteiger partial charge in [0.2, 0.25) is 5.91 Å². The molecule has 16 heteroatoms. The summed E-state index contributed by atoms with van der Waals surface area (Å²) in [4.78, 5) is 75.5. The highest BCUT2D eigenvalue weighted by Gasteiger charge is 2.41. The standard InChI is InChI=1S/C26H30BN5O10/c1-3-15(8-6-10-28-14-19(33)34)20(30-26(40)32-12-11-31(4-2)23(36)24(32)37)22(35)29-18-13-16-7-5-9-17(25(38)39)21(16)42-27(18)41/h3,5-10,18,20,28,41H,1,4,11-14H2,2H3,(H,29,35)(H,30,40)(H,33,34)(H,38,39)/p-1/b10-6-,15-8+/t18-,20?/m0/s1. The van der Waals surface area contributed by atoms with Gasteiger partial charge in [0.05, 0.1) is 24.0 Å². The third-order valence-corrected chi connectivity index (χ3v) is 6.46. The highest BCUT2D eigenvalue weighted by Crippen LogP contribution is 2.30. The molecule has 222 valence electrons. The number of fused-ring (bicyclic) bond motifs is 1. The molecule has 2 atom stereocenters. The van der Waals surface area contributed by atoms with Crippen molar-refractivity contribution in [2.24, 2.45) is 0 Å². The van der Waals surface area contributed by atoms with Crippen LogP contribution in [0.5, 0.6) is 5.75 Å². The summed E-state index contributed by atoms with van der Waals surface area (Å²) in [5.41, 5.74) is 0.336. The van der Waals surface area contributed by atoms with Crippen molar-refractivity contribution in [2.45, 2.75) is 25.3 Å². The molecule has 2 heterocycles. The van der Waals surface area contributed by atoms with Crippen molar-refractivity contribution in [1.82, 2.24) is 25.8 Å². The normalized spacial score (nSPS) is 17.7. The molecular formula is C26H29BN5O10-. The van der Waals surface area contributed by atoms with Crippen LogP contribution < -0.4 is 25.7 Å². The number of rotatable bonds is 11. The van der Waals surface area contributed by atoms with Crippen molar-refractivity contribution in [3.63, 3.8) is 0 Å². The number of benzene rings is 1. The molecule has 5 amide bonds. The number of urea groups is 1. The third-order valence-electron chi connectivity index (χ3n) is 6.46. The Kier molecular flexibility index (Phi) is 10.5. The summed E-state index contributed by atoms with van der Waals surface area (Å²) >= 11 is 0. The lowest BCUT2D eigenvalue weighted by atomic mass is 9.72. The van der Waals surface area contributed by atoms with Crippen LogP contribution in [0.3, 0.4) is 0 Å². The zero-order valence-electron chi connectivity index (χ0n) is 22.6. The average molecular weight is 582 g/mol. The summed E-state index contributed by atoms with van der Waals surface area (Å²) in [6.45, 7) is 5.11. The van der Waals surface area contributed by atoms with Gasteiger partial charge in [0.25, 0.3) is 0 Å². The second-order valence-corrected chi connectivity index (χ2v) is 9.13. The van der Waals surface area contributed by atoms with Gasteiger partial charge in [-0.3, -0.25) is 19.3 Å². The van der Waals surface area contributed by atoms with E-state index >= 15 is 0 Å². The molecule has 2 aliphatic rings. The van der Waals surface area contributed by atoms with Crippen LogP contribution >= 0.6 is 0 Å². The number of amides is 5. The fraction of sp³-hybridized carbons (Fsp3) is 0.308. The Morgan fingerprint density at radius 3 is 2.62 bits per heavy atom. The molecule has 15 nitrogen and oxygen atoms in total. The van der Waals surface area contributed by atoms with Crippen LogP contribution in [0, 0.1) is 0 Å². The van der Waals surface area contributed by atoms with Crippen molar-refractivity contribution >= 4 is 42.8 Å². The van der Waals surface area contributed by atoms with Crippen molar-refractivity contribution in [3.05, 3.63) is 65.9 Å². The van der Waals surface area contributed by atoms with Crippen molar-refractivity contribution in [2.75, 3.05) is 26.2 Å². The number of hydrogen-bond acceptors (Lipinski definition) is 10. The lowest BCUT2D eigenvalue weighted by Gasteiger charge is -2.33. The fourth-order valence-corrected chi connectivity index (χ4v) is 4.31. The smallest absolute Gasteiger partial charge is 0.547 e. The number of carboxylic acid groups (broad SMARTS) is 2. The second kappa shape index (κ2) is 14.0. The van der Waals surface area contributed by atoms with Crippen LogP contribution in [-0.4, -0.2) is 101 Å². The van der Waals surface area contributed by atoms with E-state index in [9.17, 15) is 44.0 Å². The number of aromatic carboxylic acids is 1. The number of aliphatic carboxylic acids is 1. The highest BCUT2D eigenvalue weighted by molar-refractivity contribution is 6.47. The molecule has 0 bridgehead atoms. The quantitative estimate of drug-likeness (QED) is 0.105. The Balaban J connectivity index is 1.85. The summed E-state index contributed by atoms with van der Waals surface area (Å²) in [5, 5.41) is 38.0. The van der Waals surface area contributed by atoms with Crippen LogP contribution in [0.2, 0.25) is 0 Å². The number of imide groups is 1. The summed E-state index contributed by atoms with van der Waals surface area (Å²) in [6.07, 6.45) is 5.14. The van der Waals surface area contributed by atoms with Gasteiger partial charge in [0.1, 0.15) is 11.8 Å². The van der Waals surface area contributed by atoms with E-state index in [0.29, 0.717) is 10.5 Å². The molecule has 1 saturated heterocycles. The van der Waals surface area contributed by atoms with Crippen LogP contribution in [0.15, 0.2) is 54.8 Å². The van der Waals surface area contributed by atoms with Crippen LogP contribution in [-0.2, 0) is 25.6 Å². The van der Waals surface area contributed by atoms with Gasteiger partial charge in [-0.15, -0.1) is 0 Å². The van der Waals surface area contributed by atoms with Gasteiger partial charge < -0.3 is 45.5 Å². The van der Waals surface area contributed by atoms with E-state index in [-0.39, 0.29) is 42.9 Å². The molecule has 1 unspecified atom stereocenters. The molecule has 0 aromatic heterocycles. The zero-order valence-corrected chi connectivity index (χ0v) is 22.6. The van der Waals surface area contributed by atoms with Gasteiger partial charge in [-0.2, -0.15) is 0 Å². The van der Waals surface area contributed by atoms with Crippen LogP contribution in [0.1, 0.15) is 22.8 Å². The Morgan fingerprint density at radius 2 is 1.98 bits per heavy atom. The van der Waals surface area contributed by atoms with Crippen molar-refractivity contribution in [1.29, 1.82) is 0 Å². The summed E-state index contributed by atoms with van der Waals surface area (Å²) in [6, 6.07) is 1.83. The number of piperazine rings is 1. The maximum atomic E-state index is 13.5. The Morgan fingerprint density at radius 1 is 1.24 bits per heavy atom. The number of likely N-dealkylation sites (N-methyl/N-ethyl adjacent to an activating group) is 1. The van der Waals surface area contributed by atoms with Gasteiger partial charge in [-0.1, -0.05) is 30.9 Å². The molecule has 1 fully saturated rings. The predicted octanol–water partition coefficient (Wildman–Crippen LogP) is -2.44. The predicted molar refractivity (Wildman–Crippen MR) is 144 cm³/mol. The molecule has 0 radical (unpaired) electrons. The lowest BCUT2D eigenvalue weighted by molar-refractivity contribution is -0.303. The minimum atomic E-state index is -1.65. The first kappa shape index (κ1) is 31.4. The van der Waals surface area contributed by atoms with E-state index in [1.807, 2.05) is 0 Å². The Bertz CT molecular complexity index is 1350. The minimum absolute atomic E-state index is 0.0177. The number of nitrogens with zero attached hydrogens (tertiary/aromatic N) is 2. The number of hydrogen-bond donors (Lipinski definition) is 5. The number of nitrogens with one attached hydrogen (secondary N) is 3. The molecule has 3 rings (SSSR count). The molecule has 0 aliphatic carbocycles. The topological polar surface area (TPSA) is 218 Å². The highest BCUT2D eigenvalue weighted by atomic mass is 16.5. The monoisotopic (exact) mass is 582 g/mol. The molecule has 0 spiro atoms. The van der Waals surface area contributed by atoms with E-state index in [0.717, 1.165) is 0 Å². The summed E-state index contributed by atoms with van der Waals surface area (Å²) < 4.78 is 5.41. The van der Waals surface area contributed by atoms with E-state index in [1.54, 1.807) is 13.0 Å². The molecule has 42 heavy (non-hydrogen) atoms. The largest absolute Gasteiger partial charge is 0.548 e. The summed E-state index contributed by atoms with van der Waals surface area (Å²) in [7, 11) is -1.65. The van der Waals surface area contributed by atoms with Gasteiger partial charge in [0, 0.05) is 19.6 Å². The molecular weight excluding hydrogens is 553 g/mol. The maximum Gasteiger partial charge on any atom is 0.547 e. The van der Waals surface area contributed by atoms with E-state index in [2.05, 4.69) is 22.5 Å². The summed E-state index contributed by atoms with van der Waals surface area (Å²) in [5.74, 6) is -6.54. The maximum absolute atomic E-state index is 13.5. The molecule has 1 aromatic rings. The van der Waals surface area contributed by atoms with Crippen molar-refractivity contribution < 1.29 is 48.7 Å². The molecule has 0 saturated carbocycles. The SMILES string of the molecule is C=C/C(=C\C=C/NCC(=O)[O-])C(NC(=O)N1CCN(CC)C(=O)C1=O)C(=O)N[C@H]1Cc2cccc(C(=O)O)c2OB1O. The van der Waals surface area contributed by atoms with Crippen LogP contribution in [0.4, 0.5) is 4.79 Å². The first-order chi connectivity index (χ1) is 20.0. The van der Waals surface area contributed by atoms with E-state index < -0.39 is 61.3 Å². The van der Waals surface area contributed by atoms with Gasteiger partial charge in [-0.25, -0.2) is 9.59 Å². The number of allylic oxidation sites excluding steroid dienone is 2. The second-order valence-electron chi connectivity index (χ2n) is 9.13. The Labute approximate surface area is 240 Å². The lowest BCUT2D eigenvalue weighted by Crippen LogP contribution is -2.62. The minimum Gasteiger partial charge on any atom is -0.548 e. The first-order valence-electron chi connectivity index (χ1n) is 12.8. The molecule has 5 N–H and O–H groups in total. The molecule has 2 aliphatic heterocycles. The van der Waals surface area contributed by atoms with Gasteiger partial charge in [0.15, 0.2) is 0 Å². The Hall–Kier alpha value is -5.12. The first-order valence-corrected chi connectivity index (χ1v) is 12.8. The number of carbonyl (C=O) groups is 6. The van der Waals surface area contributed by atoms with E-state index in [1.165, 1.54) is 41.5 Å². The number of carbonyl (C=O) groups excluding carboxylic acids is 5. The number of carboxylic acids is 2. The number of para-hydroxylation sites is 1. The van der Waals surface area contributed by atoms with Crippen LogP contribution in [0.25, 0.3) is 0 Å². The van der Waals surface area contributed by atoms with Crippen molar-refractivity contribution in [3.8, 4) is 5.75 Å². The zero-order chi connectivity index (χ0) is 31.0. The molecule has 1 aromatic carbocycles. The third kappa shape index (κ3) is 7.34.